The number of halogens is 1. The summed E-state index contributed by atoms with van der Waals surface area (Å²) in [6.07, 6.45) is 0. The molecule has 0 atom stereocenters. The molecule has 1 aromatic carbocycles. The van der Waals surface area contributed by atoms with Gasteiger partial charge in [0.25, 0.3) is 0 Å². The van der Waals surface area contributed by atoms with Crippen molar-refractivity contribution in [1.29, 1.82) is 0 Å². The molecule has 0 bridgehead atoms. The number of alkyl halides is 1. The number of quaternary nitrogens is 1. The van der Waals surface area contributed by atoms with Crippen molar-refractivity contribution in [2.24, 2.45) is 0 Å². The van der Waals surface area contributed by atoms with Crippen molar-refractivity contribution in [3.63, 3.8) is 0 Å². The van der Waals surface area contributed by atoms with Crippen LogP contribution in [0.25, 0.3) is 0 Å². The fourth-order valence-electron chi connectivity index (χ4n) is 1.34. The van der Waals surface area contributed by atoms with E-state index < -0.39 is 0 Å². The Balaban J connectivity index is 2.69. The Kier molecular flexibility index (Phi) is 3.97. The highest BCUT2D eigenvalue weighted by molar-refractivity contribution is 6.17. The molecule has 1 nitrogen and oxygen atoms in total. The van der Waals surface area contributed by atoms with E-state index in [4.69, 9.17) is 11.6 Å². The summed E-state index contributed by atoms with van der Waals surface area (Å²) in [6.45, 7) is 4.45. The molecule has 0 unspecified atom stereocenters. The first-order chi connectivity index (χ1) is 6.57. The normalized spacial score (nSPS) is 11.7. The number of nitrogens with zero attached hydrogens (tertiary/aromatic N) is 1. The molecule has 1 aromatic rings. The quantitative estimate of drug-likeness (QED) is 0.532. The van der Waals surface area contributed by atoms with Gasteiger partial charge in [-0.15, -0.1) is 11.6 Å². The van der Waals surface area contributed by atoms with E-state index in [9.17, 15) is 0 Å². The molecule has 0 aliphatic carbocycles. The smallest absolute Gasteiger partial charge is 0.104 e. The molecule has 0 spiro atoms. The molecular formula is C12H19ClN+. The zero-order valence-corrected chi connectivity index (χ0v) is 10.0. The van der Waals surface area contributed by atoms with Gasteiger partial charge in [0.15, 0.2) is 0 Å². The Morgan fingerprint density at radius 2 is 1.57 bits per heavy atom. The highest BCUT2D eigenvalue weighted by atomic mass is 35.5. The van der Waals surface area contributed by atoms with Gasteiger partial charge in [-0.2, -0.15) is 0 Å². The number of hydrogen-bond donors (Lipinski definition) is 0. The Hall–Kier alpha value is -0.530. The number of hydrogen-bond acceptors (Lipinski definition) is 0. The first kappa shape index (κ1) is 11.5. The summed E-state index contributed by atoms with van der Waals surface area (Å²) >= 11 is 5.74. The number of benzene rings is 1. The molecule has 0 aromatic heterocycles. The third-order valence-electron chi connectivity index (χ3n) is 2.64. The van der Waals surface area contributed by atoms with Gasteiger partial charge in [0.1, 0.15) is 6.54 Å². The van der Waals surface area contributed by atoms with Crippen LogP contribution >= 0.6 is 11.6 Å². The molecule has 0 fully saturated rings. The van der Waals surface area contributed by atoms with E-state index in [1.807, 2.05) is 0 Å². The van der Waals surface area contributed by atoms with E-state index in [2.05, 4.69) is 45.3 Å². The molecule has 78 valence electrons. The third kappa shape index (κ3) is 3.32. The summed E-state index contributed by atoms with van der Waals surface area (Å²) < 4.78 is 1.03. The first-order valence-electron chi connectivity index (χ1n) is 5.03. The van der Waals surface area contributed by atoms with E-state index >= 15 is 0 Å². The second kappa shape index (κ2) is 4.81. The van der Waals surface area contributed by atoms with Crippen molar-refractivity contribution >= 4 is 11.6 Å². The minimum Gasteiger partial charge on any atom is -0.325 e. The van der Waals surface area contributed by atoms with Crippen molar-refractivity contribution in [2.75, 3.05) is 20.6 Å². The van der Waals surface area contributed by atoms with Crippen molar-refractivity contribution in [3.05, 3.63) is 35.4 Å². The van der Waals surface area contributed by atoms with Crippen LogP contribution in [0.15, 0.2) is 24.3 Å². The molecule has 1 rings (SSSR count). The minimum atomic E-state index is 0.603. The predicted octanol–water partition coefficient (Wildman–Crippen LogP) is 3.02. The molecule has 0 N–H and O–H groups in total. The molecule has 0 saturated carbocycles. The van der Waals surface area contributed by atoms with Gasteiger partial charge in [-0.1, -0.05) is 24.3 Å². The van der Waals surface area contributed by atoms with Crippen LogP contribution in [0.4, 0.5) is 0 Å². The highest BCUT2D eigenvalue weighted by Crippen LogP contribution is 2.11. The second-order valence-electron chi connectivity index (χ2n) is 4.36. The predicted molar refractivity (Wildman–Crippen MR) is 62.4 cm³/mol. The zero-order chi connectivity index (χ0) is 10.6. The minimum absolute atomic E-state index is 0.603. The third-order valence-corrected chi connectivity index (χ3v) is 2.95. The van der Waals surface area contributed by atoms with E-state index in [0.29, 0.717) is 5.88 Å². The zero-order valence-electron chi connectivity index (χ0n) is 9.26. The van der Waals surface area contributed by atoms with Crippen LogP contribution in [-0.2, 0) is 12.4 Å². The van der Waals surface area contributed by atoms with E-state index in [0.717, 1.165) is 17.6 Å². The summed E-state index contributed by atoms with van der Waals surface area (Å²) in [6, 6.07) is 8.57. The molecule has 0 aliphatic rings. The largest absolute Gasteiger partial charge is 0.325 e. The topological polar surface area (TPSA) is 0 Å². The van der Waals surface area contributed by atoms with Crippen LogP contribution in [-0.4, -0.2) is 25.1 Å². The Morgan fingerprint density at radius 3 is 2.00 bits per heavy atom. The van der Waals surface area contributed by atoms with Gasteiger partial charge in [-0.05, 0) is 12.5 Å². The number of rotatable bonds is 4. The van der Waals surface area contributed by atoms with Crippen molar-refractivity contribution in [1.82, 2.24) is 0 Å². The van der Waals surface area contributed by atoms with Gasteiger partial charge in [0, 0.05) is 11.4 Å². The van der Waals surface area contributed by atoms with E-state index in [-0.39, 0.29) is 0 Å². The van der Waals surface area contributed by atoms with Crippen molar-refractivity contribution in [3.8, 4) is 0 Å². The van der Waals surface area contributed by atoms with Crippen LogP contribution in [0.3, 0.4) is 0 Å². The summed E-state index contributed by atoms with van der Waals surface area (Å²) in [7, 11) is 4.49. The lowest BCUT2D eigenvalue weighted by Crippen LogP contribution is -2.38. The molecule has 2 heteroatoms. The lowest BCUT2D eigenvalue weighted by atomic mass is 10.1. The standard InChI is InChI=1S/C12H19ClN/c1-4-14(2,3)10-12-7-5-11(9-13)6-8-12/h5-8H,4,9-10H2,1-3H3/q+1. The van der Waals surface area contributed by atoms with Crippen LogP contribution in [0.2, 0.25) is 0 Å². The van der Waals surface area contributed by atoms with Gasteiger partial charge in [0.05, 0.1) is 20.6 Å². The summed E-state index contributed by atoms with van der Waals surface area (Å²) in [4.78, 5) is 0. The molecule has 14 heavy (non-hydrogen) atoms. The van der Waals surface area contributed by atoms with Gasteiger partial charge in [-0.25, -0.2) is 0 Å². The molecule has 0 amide bonds. The molecular weight excluding hydrogens is 194 g/mol. The van der Waals surface area contributed by atoms with Gasteiger partial charge >= 0.3 is 0 Å². The SMILES string of the molecule is CC[N+](C)(C)Cc1ccc(CCl)cc1. The maximum Gasteiger partial charge on any atom is 0.104 e. The molecule has 0 heterocycles. The fraction of sp³-hybridized carbons (Fsp3) is 0.500. The monoisotopic (exact) mass is 212 g/mol. The lowest BCUT2D eigenvalue weighted by molar-refractivity contribution is -0.901. The summed E-state index contributed by atoms with van der Waals surface area (Å²) in [5.74, 6) is 0.603. The van der Waals surface area contributed by atoms with Crippen molar-refractivity contribution < 1.29 is 4.48 Å². The Bertz CT molecular complexity index is 277. The second-order valence-corrected chi connectivity index (χ2v) is 4.63. The maximum absolute atomic E-state index is 5.74. The van der Waals surface area contributed by atoms with E-state index in [1.165, 1.54) is 11.1 Å². The summed E-state index contributed by atoms with van der Waals surface area (Å²) in [5.41, 5.74) is 2.57. The van der Waals surface area contributed by atoms with Gasteiger partial charge < -0.3 is 4.48 Å². The lowest BCUT2D eigenvalue weighted by Gasteiger charge is -2.28. The van der Waals surface area contributed by atoms with Crippen LogP contribution < -0.4 is 0 Å². The molecule has 0 saturated heterocycles. The fourth-order valence-corrected chi connectivity index (χ4v) is 1.52. The highest BCUT2D eigenvalue weighted by Gasteiger charge is 2.12. The Labute approximate surface area is 91.9 Å². The summed E-state index contributed by atoms with van der Waals surface area (Å²) in [5, 5.41) is 0. The van der Waals surface area contributed by atoms with Crippen LogP contribution in [0.5, 0.6) is 0 Å². The van der Waals surface area contributed by atoms with Crippen molar-refractivity contribution in [2.45, 2.75) is 19.3 Å². The average Bonchev–Trinajstić information content (AvgIpc) is 2.19. The van der Waals surface area contributed by atoms with E-state index in [1.54, 1.807) is 0 Å². The molecule has 0 radical (unpaired) electrons. The average molecular weight is 213 g/mol. The first-order valence-corrected chi connectivity index (χ1v) is 5.56. The molecule has 0 aliphatic heterocycles. The van der Waals surface area contributed by atoms with Crippen LogP contribution in [0.1, 0.15) is 18.1 Å². The van der Waals surface area contributed by atoms with Gasteiger partial charge in [0.2, 0.25) is 0 Å². The van der Waals surface area contributed by atoms with Gasteiger partial charge in [-0.3, -0.25) is 0 Å². The maximum atomic E-state index is 5.74. The van der Waals surface area contributed by atoms with Crippen LogP contribution in [0, 0.1) is 0 Å². The Morgan fingerprint density at radius 1 is 1.07 bits per heavy atom.